The first kappa shape index (κ1) is 17.2. The van der Waals surface area contributed by atoms with Crippen LogP contribution in [0, 0.1) is 3.57 Å². The maximum absolute atomic E-state index is 4.78. The molecule has 1 aromatic carbocycles. The van der Waals surface area contributed by atoms with Gasteiger partial charge >= 0.3 is 0 Å². The lowest BCUT2D eigenvalue weighted by molar-refractivity contribution is 0.922. The Morgan fingerprint density at radius 1 is 1.05 bits per heavy atom. The van der Waals surface area contributed by atoms with Gasteiger partial charge in [0.15, 0.2) is 0 Å². The fraction of sp³-hybridized carbons (Fsp3) is 0.353. The van der Waals surface area contributed by atoms with Crippen molar-refractivity contribution in [2.24, 2.45) is 0 Å². The van der Waals surface area contributed by atoms with Crippen LogP contribution in [0.1, 0.15) is 27.7 Å². The minimum absolute atomic E-state index is 0.593. The minimum atomic E-state index is -1.93. The van der Waals surface area contributed by atoms with Gasteiger partial charge in [0, 0.05) is 19.6 Å². The molecular weight excluding hydrogens is 453 g/mol. The number of hydrogen-bond donors (Lipinski definition) is 0. The first-order valence-electron chi connectivity index (χ1n) is 7.27. The van der Waals surface area contributed by atoms with E-state index < -0.39 is 8.07 Å². The van der Waals surface area contributed by atoms with Crippen molar-refractivity contribution < 1.29 is 0 Å². The summed E-state index contributed by atoms with van der Waals surface area (Å²) < 4.78 is 2.52. The van der Waals surface area contributed by atoms with E-state index in [9.17, 15) is 0 Å². The second kappa shape index (κ2) is 6.92. The van der Waals surface area contributed by atoms with E-state index in [1.54, 1.807) is 0 Å². The third kappa shape index (κ3) is 3.12. The maximum atomic E-state index is 4.78. The summed E-state index contributed by atoms with van der Waals surface area (Å²) in [6, 6.07) is 13.0. The molecule has 0 aliphatic heterocycles. The van der Waals surface area contributed by atoms with Gasteiger partial charge < -0.3 is 0 Å². The molecule has 0 amide bonds. The molecule has 1 heterocycles. The summed E-state index contributed by atoms with van der Waals surface area (Å²) in [6.45, 7) is 9.44. The van der Waals surface area contributed by atoms with Crippen molar-refractivity contribution in [2.45, 2.75) is 38.8 Å². The van der Waals surface area contributed by atoms with Crippen LogP contribution in [0.3, 0.4) is 0 Å². The Kier molecular flexibility index (Phi) is 5.65. The third-order valence-electron chi connectivity index (χ3n) is 4.28. The van der Waals surface area contributed by atoms with Gasteiger partial charge in [-0.15, -0.1) is 0 Å². The van der Waals surface area contributed by atoms with Gasteiger partial charge in [0.2, 0.25) is 0 Å². The van der Waals surface area contributed by atoms with Gasteiger partial charge in [-0.1, -0.05) is 49.7 Å². The summed E-state index contributed by atoms with van der Waals surface area (Å²) in [6.07, 6.45) is 1.94. The lowest BCUT2D eigenvalue weighted by Gasteiger charge is -2.40. The fourth-order valence-electron chi connectivity index (χ4n) is 3.44. The molecule has 0 aliphatic rings. The van der Waals surface area contributed by atoms with Crippen molar-refractivity contribution in [2.75, 3.05) is 0 Å². The van der Waals surface area contributed by atoms with Crippen LogP contribution in [-0.2, 0) is 0 Å². The third-order valence-corrected chi connectivity index (χ3v) is 12.3. The summed E-state index contributed by atoms with van der Waals surface area (Å²) in [7, 11) is -1.93. The van der Waals surface area contributed by atoms with Gasteiger partial charge in [0.05, 0.1) is 0 Å². The number of halogens is 2. The van der Waals surface area contributed by atoms with E-state index in [4.69, 9.17) is 4.98 Å². The molecule has 1 aromatic heterocycles. The van der Waals surface area contributed by atoms with Crippen LogP contribution in [0.5, 0.6) is 0 Å². The summed E-state index contributed by atoms with van der Waals surface area (Å²) in [4.78, 5) is 4.78. The van der Waals surface area contributed by atoms with E-state index in [-0.39, 0.29) is 0 Å². The number of rotatable bonds is 4. The van der Waals surface area contributed by atoms with E-state index in [2.05, 4.69) is 96.5 Å². The number of hydrogen-bond acceptors (Lipinski definition) is 1. The van der Waals surface area contributed by atoms with Crippen LogP contribution in [0.15, 0.2) is 47.1 Å². The van der Waals surface area contributed by atoms with Crippen molar-refractivity contribution in [1.82, 2.24) is 4.98 Å². The highest BCUT2D eigenvalue weighted by molar-refractivity contribution is 14.1. The number of benzene rings is 1. The molecule has 0 unspecified atom stereocenters. The quantitative estimate of drug-likeness (QED) is 0.457. The Balaban J connectivity index is 2.81. The fourth-order valence-corrected chi connectivity index (χ4v) is 11.3. The normalized spacial score (nSPS) is 12.2. The zero-order valence-corrected chi connectivity index (χ0v) is 17.6. The number of nitrogens with zero attached hydrogens (tertiary/aromatic N) is 1. The van der Waals surface area contributed by atoms with Crippen LogP contribution in [-0.4, -0.2) is 13.1 Å². The Labute approximate surface area is 150 Å². The molecule has 112 valence electrons. The van der Waals surface area contributed by atoms with E-state index in [0.717, 1.165) is 4.47 Å². The van der Waals surface area contributed by atoms with Gasteiger partial charge in [-0.05, 0) is 69.2 Å². The van der Waals surface area contributed by atoms with Gasteiger partial charge in [0.25, 0.3) is 0 Å². The average molecular weight is 474 g/mol. The highest BCUT2D eigenvalue weighted by Gasteiger charge is 2.45. The molecule has 4 heteroatoms. The maximum Gasteiger partial charge on any atom is 0.147 e. The minimum Gasteiger partial charge on any atom is -0.266 e. The molecule has 0 aliphatic carbocycles. The van der Waals surface area contributed by atoms with Gasteiger partial charge in [-0.3, -0.25) is 4.98 Å². The summed E-state index contributed by atoms with van der Waals surface area (Å²) in [5.74, 6) is 0. The van der Waals surface area contributed by atoms with Crippen molar-refractivity contribution in [3.05, 3.63) is 50.6 Å². The van der Waals surface area contributed by atoms with Gasteiger partial charge in [-0.25, -0.2) is 0 Å². The molecule has 2 rings (SSSR count). The first-order chi connectivity index (χ1) is 9.90. The SMILES string of the molecule is CC(C)[Si](c1ccccn1)(c1cc(Br)ccc1I)C(C)C. The second-order valence-corrected chi connectivity index (χ2v) is 13.2. The Bertz CT molecular complexity index is 605. The average Bonchev–Trinajstić information content (AvgIpc) is 2.44. The summed E-state index contributed by atoms with van der Waals surface area (Å²) in [5.41, 5.74) is 1.19. The highest BCUT2D eigenvalue weighted by atomic mass is 127. The van der Waals surface area contributed by atoms with E-state index in [1.165, 1.54) is 14.1 Å². The Morgan fingerprint density at radius 3 is 2.24 bits per heavy atom. The number of aromatic nitrogens is 1. The zero-order chi connectivity index (χ0) is 15.6. The summed E-state index contributed by atoms with van der Waals surface area (Å²) >= 11 is 6.14. The van der Waals surface area contributed by atoms with Crippen LogP contribution >= 0.6 is 38.5 Å². The molecule has 0 bridgehead atoms. The van der Waals surface area contributed by atoms with Crippen molar-refractivity contribution >= 4 is 57.1 Å². The molecule has 0 saturated carbocycles. The predicted molar refractivity (Wildman–Crippen MR) is 106 cm³/mol. The monoisotopic (exact) mass is 473 g/mol. The zero-order valence-electron chi connectivity index (χ0n) is 12.9. The molecule has 0 fully saturated rings. The summed E-state index contributed by atoms with van der Waals surface area (Å²) in [5, 5.41) is 2.80. The molecule has 0 spiro atoms. The molecule has 1 nitrogen and oxygen atoms in total. The van der Waals surface area contributed by atoms with Crippen molar-refractivity contribution in [3.8, 4) is 0 Å². The molecule has 0 N–H and O–H groups in total. The van der Waals surface area contributed by atoms with Gasteiger partial charge in [-0.2, -0.15) is 0 Å². The van der Waals surface area contributed by atoms with Gasteiger partial charge in [0.1, 0.15) is 8.07 Å². The van der Waals surface area contributed by atoms with Crippen molar-refractivity contribution in [3.63, 3.8) is 0 Å². The lowest BCUT2D eigenvalue weighted by Crippen LogP contribution is -2.64. The van der Waals surface area contributed by atoms with Crippen molar-refractivity contribution in [1.29, 1.82) is 0 Å². The Morgan fingerprint density at radius 2 is 1.71 bits per heavy atom. The number of pyridine rings is 1. The molecular formula is C17H21BrINSi. The lowest BCUT2D eigenvalue weighted by atomic mass is 10.4. The van der Waals surface area contributed by atoms with E-state index >= 15 is 0 Å². The largest absolute Gasteiger partial charge is 0.266 e. The van der Waals surface area contributed by atoms with E-state index in [0.29, 0.717) is 11.1 Å². The smallest absolute Gasteiger partial charge is 0.147 e. The first-order valence-corrected chi connectivity index (χ1v) is 11.3. The molecule has 0 radical (unpaired) electrons. The topological polar surface area (TPSA) is 12.9 Å². The Hall–Kier alpha value is -0.203. The molecule has 0 saturated heterocycles. The predicted octanol–water partition coefficient (Wildman–Crippen LogP) is 4.83. The van der Waals surface area contributed by atoms with E-state index in [1.807, 2.05) is 12.3 Å². The van der Waals surface area contributed by atoms with Crippen LogP contribution in [0.4, 0.5) is 0 Å². The highest BCUT2D eigenvalue weighted by Crippen LogP contribution is 2.33. The molecule has 21 heavy (non-hydrogen) atoms. The van der Waals surface area contributed by atoms with Crippen LogP contribution in [0.25, 0.3) is 0 Å². The van der Waals surface area contributed by atoms with Crippen LogP contribution < -0.4 is 10.5 Å². The standard InChI is InChI=1S/C17H21BrINSi/c1-12(2)21(13(3)4,17-7-5-6-10-20-17)16-11-14(18)8-9-15(16)19/h5-13H,1-4H3. The second-order valence-electron chi connectivity index (χ2n) is 6.02. The van der Waals surface area contributed by atoms with Crippen LogP contribution in [0.2, 0.25) is 11.1 Å². The molecule has 2 aromatic rings. The molecule has 0 atom stereocenters.